The van der Waals surface area contributed by atoms with E-state index in [1.165, 1.54) is 24.3 Å². The summed E-state index contributed by atoms with van der Waals surface area (Å²) in [5.41, 5.74) is -0.159. The number of nitro benzene ring substituents is 1. The molecule has 0 spiro atoms. The van der Waals surface area contributed by atoms with Gasteiger partial charge in [0.1, 0.15) is 9.90 Å². The molecule has 0 aliphatic heterocycles. The van der Waals surface area contributed by atoms with E-state index in [4.69, 9.17) is 16.7 Å². The molecule has 7 nitrogen and oxygen atoms in total. The summed E-state index contributed by atoms with van der Waals surface area (Å²) in [6.07, 6.45) is 0. The summed E-state index contributed by atoms with van der Waals surface area (Å²) in [6.45, 7) is 0. The van der Waals surface area contributed by atoms with Crippen molar-refractivity contribution in [3.63, 3.8) is 0 Å². The summed E-state index contributed by atoms with van der Waals surface area (Å²) in [4.78, 5) is 32.7. The van der Waals surface area contributed by atoms with Crippen LogP contribution in [0.4, 0.5) is 10.7 Å². The Morgan fingerprint density at radius 2 is 2.00 bits per heavy atom. The van der Waals surface area contributed by atoms with Crippen LogP contribution in [0.5, 0.6) is 0 Å². The van der Waals surface area contributed by atoms with E-state index in [2.05, 4.69) is 5.32 Å². The molecule has 2 rings (SSSR count). The fraction of sp³-hybridized carbons (Fsp3) is 0. The Balaban J connectivity index is 2.18. The number of hydrogen-bond donors (Lipinski definition) is 2. The molecule has 1 heterocycles. The Kier molecular flexibility index (Phi) is 4.20. The maximum Gasteiger partial charge on any atom is 0.345 e. The first-order chi connectivity index (χ1) is 9.88. The van der Waals surface area contributed by atoms with E-state index in [-0.39, 0.29) is 21.2 Å². The number of nitrogens with one attached hydrogen (secondary N) is 1. The van der Waals surface area contributed by atoms with Crippen LogP contribution in [0.25, 0.3) is 0 Å². The lowest BCUT2D eigenvalue weighted by Crippen LogP contribution is -2.11. The maximum atomic E-state index is 11.9. The van der Waals surface area contributed by atoms with Crippen molar-refractivity contribution in [1.82, 2.24) is 0 Å². The monoisotopic (exact) mass is 326 g/mol. The maximum absolute atomic E-state index is 11.9. The zero-order valence-electron chi connectivity index (χ0n) is 10.2. The van der Waals surface area contributed by atoms with Crippen LogP contribution in [0.15, 0.2) is 30.3 Å². The highest BCUT2D eigenvalue weighted by atomic mass is 35.5. The number of halogens is 1. The lowest BCUT2D eigenvalue weighted by Gasteiger charge is -2.03. The van der Waals surface area contributed by atoms with Gasteiger partial charge in [0.25, 0.3) is 11.6 Å². The summed E-state index contributed by atoms with van der Waals surface area (Å²) in [5.74, 6) is -1.62. The molecule has 0 bridgehead atoms. The van der Waals surface area contributed by atoms with Gasteiger partial charge < -0.3 is 10.4 Å². The number of amides is 1. The Morgan fingerprint density at radius 3 is 2.52 bits per heavy atom. The van der Waals surface area contributed by atoms with Crippen LogP contribution in [0.1, 0.15) is 20.0 Å². The molecule has 0 atom stereocenters. The van der Waals surface area contributed by atoms with Gasteiger partial charge in [0, 0.05) is 11.6 Å². The molecule has 0 aliphatic carbocycles. The highest BCUT2D eigenvalue weighted by Crippen LogP contribution is 2.26. The number of anilines is 1. The number of carbonyl (C=O) groups is 2. The summed E-state index contributed by atoms with van der Waals surface area (Å²) in [7, 11) is 0. The lowest BCUT2D eigenvalue weighted by atomic mass is 10.2. The standard InChI is InChI=1S/C12H7ClN2O5S/c13-7-5-6(1-2-8(7)15(19)20)11(16)14-10-4-3-9(21-10)12(17)18/h1-5H,(H,14,16)(H,17,18). The average Bonchev–Trinajstić information content (AvgIpc) is 2.86. The molecule has 21 heavy (non-hydrogen) atoms. The molecule has 0 unspecified atom stereocenters. The quantitative estimate of drug-likeness (QED) is 0.662. The van der Waals surface area contributed by atoms with Crippen molar-refractivity contribution >= 4 is 45.5 Å². The van der Waals surface area contributed by atoms with Gasteiger partial charge in [0.2, 0.25) is 0 Å². The molecular weight excluding hydrogens is 320 g/mol. The van der Waals surface area contributed by atoms with Gasteiger partial charge in [0.15, 0.2) is 0 Å². The van der Waals surface area contributed by atoms with E-state index in [1.807, 2.05) is 0 Å². The van der Waals surface area contributed by atoms with Gasteiger partial charge in [-0.1, -0.05) is 11.6 Å². The number of nitro groups is 1. The van der Waals surface area contributed by atoms with E-state index in [0.29, 0.717) is 5.00 Å². The summed E-state index contributed by atoms with van der Waals surface area (Å²) in [6, 6.07) is 6.41. The summed E-state index contributed by atoms with van der Waals surface area (Å²) >= 11 is 6.62. The number of benzene rings is 1. The third-order valence-electron chi connectivity index (χ3n) is 2.46. The number of carboxylic acid groups (broad SMARTS) is 1. The predicted molar refractivity (Wildman–Crippen MR) is 77.3 cm³/mol. The third kappa shape index (κ3) is 3.36. The first-order valence-corrected chi connectivity index (χ1v) is 6.66. The first-order valence-electron chi connectivity index (χ1n) is 5.47. The number of thiophene rings is 1. The largest absolute Gasteiger partial charge is 0.477 e. The van der Waals surface area contributed by atoms with Gasteiger partial charge >= 0.3 is 5.97 Å². The normalized spacial score (nSPS) is 10.1. The lowest BCUT2D eigenvalue weighted by molar-refractivity contribution is -0.384. The van der Waals surface area contributed by atoms with Gasteiger partial charge in [-0.15, -0.1) is 11.3 Å². The van der Waals surface area contributed by atoms with Crippen LogP contribution in [-0.4, -0.2) is 21.9 Å². The number of carbonyl (C=O) groups excluding carboxylic acids is 1. The zero-order chi connectivity index (χ0) is 15.6. The molecule has 1 amide bonds. The second kappa shape index (κ2) is 5.90. The Morgan fingerprint density at radius 1 is 1.29 bits per heavy atom. The van der Waals surface area contributed by atoms with Crippen molar-refractivity contribution in [3.8, 4) is 0 Å². The molecule has 0 aliphatic rings. The number of nitrogens with zero attached hydrogens (tertiary/aromatic N) is 1. The van der Waals surface area contributed by atoms with E-state index < -0.39 is 16.8 Å². The van der Waals surface area contributed by atoms with Crippen LogP contribution in [0.2, 0.25) is 5.02 Å². The van der Waals surface area contributed by atoms with Crippen LogP contribution in [0, 0.1) is 10.1 Å². The Bertz CT molecular complexity index is 743. The van der Waals surface area contributed by atoms with Crippen LogP contribution in [-0.2, 0) is 0 Å². The molecule has 2 N–H and O–H groups in total. The number of carboxylic acids is 1. The fourth-order valence-electron chi connectivity index (χ4n) is 1.50. The van der Waals surface area contributed by atoms with E-state index in [0.717, 1.165) is 17.4 Å². The van der Waals surface area contributed by atoms with Crippen LogP contribution >= 0.6 is 22.9 Å². The van der Waals surface area contributed by atoms with Gasteiger partial charge in [-0.2, -0.15) is 0 Å². The zero-order valence-corrected chi connectivity index (χ0v) is 11.8. The molecule has 108 valence electrons. The van der Waals surface area contributed by atoms with E-state index >= 15 is 0 Å². The van der Waals surface area contributed by atoms with Crippen LogP contribution in [0.3, 0.4) is 0 Å². The molecule has 1 aromatic carbocycles. The van der Waals surface area contributed by atoms with Crippen molar-refractivity contribution in [2.24, 2.45) is 0 Å². The van der Waals surface area contributed by atoms with E-state index in [1.54, 1.807) is 0 Å². The molecule has 1 aromatic heterocycles. The first kappa shape index (κ1) is 14.9. The molecule has 0 saturated heterocycles. The minimum Gasteiger partial charge on any atom is -0.477 e. The topological polar surface area (TPSA) is 110 Å². The fourth-order valence-corrected chi connectivity index (χ4v) is 2.49. The molecule has 9 heteroatoms. The van der Waals surface area contributed by atoms with Crippen molar-refractivity contribution in [2.45, 2.75) is 0 Å². The summed E-state index contributed by atoms with van der Waals surface area (Å²) < 4.78 is 0. The molecule has 0 saturated carbocycles. The van der Waals surface area contributed by atoms with Crippen molar-refractivity contribution in [2.75, 3.05) is 5.32 Å². The minimum atomic E-state index is -1.08. The number of aromatic carboxylic acids is 1. The third-order valence-corrected chi connectivity index (χ3v) is 3.75. The number of hydrogen-bond acceptors (Lipinski definition) is 5. The molecule has 2 aromatic rings. The summed E-state index contributed by atoms with van der Waals surface area (Å²) in [5, 5.41) is 22.1. The van der Waals surface area contributed by atoms with Crippen molar-refractivity contribution in [3.05, 3.63) is 55.9 Å². The molecular formula is C12H7ClN2O5S. The van der Waals surface area contributed by atoms with Crippen LogP contribution < -0.4 is 5.32 Å². The number of rotatable bonds is 4. The Labute approximate surface area is 126 Å². The average molecular weight is 327 g/mol. The van der Waals surface area contributed by atoms with Gasteiger partial charge in [-0.25, -0.2) is 4.79 Å². The van der Waals surface area contributed by atoms with Gasteiger partial charge in [0.05, 0.1) is 9.92 Å². The molecule has 0 radical (unpaired) electrons. The highest BCUT2D eigenvalue weighted by Gasteiger charge is 2.16. The van der Waals surface area contributed by atoms with Crippen molar-refractivity contribution < 1.29 is 19.6 Å². The Hall–Kier alpha value is -2.45. The SMILES string of the molecule is O=C(Nc1ccc(C(=O)O)s1)c1ccc([N+](=O)[O-])c(Cl)c1. The second-order valence-corrected chi connectivity index (χ2v) is 5.34. The predicted octanol–water partition coefficient (Wildman–Crippen LogP) is 3.26. The second-order valence-electron chi connectivity index (χ2n) is 3.85. The minimum absolute atomic E-state index is 0.0898. The van der Waals surface area contributed by atoms with Gasteiger partial charge in [-0.05, 0) is 24.3 Å². The molecule has 0 fully saturated rings. The van der Waals surface area contributed by atoms with Gasteiger partial charge in [-0.3, -0.25) is 14.9 Å². The smallest absolute Gasteiger partial charge is 0.345 e. The highest BCUT2D eigenvalue weighted by molar-refractivity contribution is 7.18. The van der Waals surface area contributed by atoms with E-state index in [9.17, 15) is 19.7 Å². The van der Waals surface area contributed by atoms with Crippen molar-refractivity contribution in [1.29, 1.82) is 0 Å².